The summed E-state index contributed by atoms with van der Waals surface area (Å²) in [5.74, 6) is 0.0248. The maximum absolute atomic E-state index is 12.7. The first-order chi connectivity index (χ1) is 15.0. The van der Waals surface area contributed by atoms with Gasteiger partial charge in [-0.25, -0.2) is 0 Å². The molecule has 3 rings (SSSR count). The van der Waals surface area contributed by atoms with Crippen molar-refractivity contribution in [2.24, 2.45) is 0 Å². The molecule has 0 aliphatic heterocycles. The number of methoxy groups -OCH3 is 1. The molecule has 160 valence electrons. The van der Waals surface area contributed by atoms with Gasteiger partial charge in [-0.1, -0.05) is 18.2 Å². The average Bonchev–Trinajstić information content (AvgIpc) is 2.81. The normalized spacial score (nSPS) is 10.3. The lowest BCUT2D eigenvalue weighted by molar-refractivity contribution is 0.101. The number of benzene rings is 3. The lowest BCUT2D eigenvalue weighted by Gasteiger charge is -2.21. The van der Waals surface area contributed by atoms with E-state index in [9.17, 15) is 9.59 Å². The third kappa shape index (κ3) is 5.42. The number of hydrogen-bond donors (Lipinski definition) is 2. The summed E-state index contributed by atoms with van der Waals surface area (Å²) in [6, 6.07) is 21.5. The van der Waals surface area contributed by atoms with Crippen LogP contribution in [-0.4, -0.2) is 32.0 Å². The highest BCUT2D eigenvalue weighted by Gasteiger charge is 2.13. The molecule has 0 unspecified atom stereocenters. The Hall–Kier alpha value is -3.80. The quantitative estimate of drug-likeness (QED) is 0.538. The summed E-state index contributed by atoms with van der Waals surface area (Å²) in [5, 5.41) is 5.72. The molecular formula is C25H27N3O3. The second-order valence-corrected chi connectivity index (χ2v) is 6.91. The van der Waals surface area contributed by atoms with E-state index in [-0.39, 0.29) is 11.8 Å². The number of ether oxygens (including phenoxy) is 1. The van der Waals surface area contributed by atoms with Crippen LogP contribution < -0.4 is 20.3 Å². The van der Waals surface area contributed by atoms with Gasteiger partial charge in [0.1, 0.15) is 5.75 Å². The van der Waals surface area contributed by atoms with Crippen LogP contribution in [0.3, 0.4) is 0 Å². The zero-order valence-electron chi connectivity index (χ0n) is 18.0. The van der Waals surface area contributed by atoms with Gasteiger partial charge in [0.2, 0.25) is 0 Å². The van der Waals surface area contributed by atoms with Crippen LogP contribution in [0.4, 0.5) is 17.1 Å². The first-order valence-corrected chi connectivity index (χ1v) is 10.3. The zero-order valence-corrected chi connectivity index (χ0v) is 18.0. The molecule has 0 saturated heterocycles. The molecule has 6 nitrogen and oxygen atoms in total. The van der Waals surface area contributed by atoms with Gasteiger partial charge in [-0.2, -0.15) is 0 Å². The van der Waals surface area contributed by atoms with Crippen LogP contribution in [0, 0.1) is 0 Å². The van der Waals surface area contributed by atoms with Crippen molar-refractivity contribution in [3.63, 3.8) is 0 Å². The highest BCUT2D eigenvalue weighted by atomic mass is 16.5. The molecule has 0 fully saturated rings. The number of rotatable bonds is 8. The number of carbonyl (C=O) groups excluding carboxylic acids is 2. The minimum Gasteiger partial charge on any atom is -0.495 e. The second kappa shape index (κ2) is 10.3. The fourth-order valence-corrected chi connectivity index (χ4v) is 3.28. The number of nitrogens with one attached hydrogen (secondary N) is 2. The van der Waals surface area contributed by atoms with Crippen LogP contribution in [0.1, 0.15) is 34.6 Å². The molecule has 0 bridgehead atoms. The van der Waals surface area contributed by atoms with Gasteiger partial charge in [0.25, 0.3) is 11.8 Å². The summed E-state index contributed by atoms with van der Waals surface area (Å²) in [6.45, 7) is 6.01. The van der Waals surface area contributed by atoms with Crippen molar-refractivity contribution in [3.05, 3.63) is 83.9 Å². The standard InChI is InChI=1S/C25H27N3O3/c1-4-28(5-2)21-14-11-19(12-15-21)24(29)26-20-13-16-23(31-3)22(17-20)27-25(30)18-9-7-6-8-10-18/h6-17H,4-5H2,1-3H3,(H,26,29)(H,27,30). The van der Waals surface area contributed by atoms with Gasteiger partial charge in [-0.3, -0.25) is 9.59 Å². The Labute approximate surface area is 182 Å². The van der Waals surface area contributed by atoms with E-state index in [2.05, 4.69) is 29.4 Å². The van der Waals surface area contributed by atoms with E-state index in [1.807, 2.05) is 30.3 Å². The first-order valence-electron chi connectivity index (χ1n) is 10.3. The minimum atomic E-state index is -0.255. The number of amides is 2. The number of anilines is 3. The maximum atomic E-state index is 12.7. The Kier molecular flexibility index (Phi) is 7.27. The summed E-state index contributed by atoms with van der Waals surface area (Å²) < 4.78 is 5.35. The van der Waals surface area contributed by atoms with Gasteiger partial charge in [0.15, 0.2) is 0 Å². The van der Waals surface area contributed by atoms with Crippen molar-refractivity contribution < 1.29 is 14.3 Å². The number of carbonyl (C=O) groups is 2. The van der Waals surface area contributed by atoms with Crippen LogP contribution in [0.2, 0.25) is 0 Å². The van der Waals surface area contributed by atoms with Crippen molar-refractivity contribution in [2.75, 3.05) is 35.7 Å². The molecule has 0 aromatic heterocycles. The first kappa shape index (κ1) is 21.9. The Morgan fingerprint density at radius 3 is 2.03 bits per heavy atom. The third-order valence-corrected chi connectivity index (χ3v) is 5.00. The number of nitrogens with zero attached hydrogens (tertiary/aromatic N) is 1. The van der Waals surface area contributed by atoms with Crippen molar-refractivity contribution in [1.29, 1.82) is 0 Å². The van der Waals surface area contributed by atoms with Gasteiger partial charge < -0.3 is 20.3 Å². The second-order valence-electron chi connectivity index (χ2n) is 6.91. The number of hydrogen-bond acceptors (Lipinski definition) is 4. The molecule has 0 aliphatic carbocycles. The maximum Gasteiger partial charge on any atom is 0.255 e. The average molecular weight is 418 g/mol. The SMILES string of the molecule is CCN(CC)c1ccc(C(=O)Nc2ccc(OC)c(NC(=O)c3ccccc3)c2)cc1. The molecule has 31 heavy (non-hydrogen) atoms. The molecule has 0 spiro atoms. The van der Waals surface area contributed by atoms with E-state index in [1.165, 1.54) is 7.11 Å². The van der Waals surface area contributed by atoms with Crippen molar-refractivity contribution in [2.45, 2.75) is 13.8 Å². The predicted octanol–water partition coefficient (Wildman–Crippen LogP) is 5.05. The molecular weight excluding hydrogens is 390 g/mol. The summed E-state index contributed by atoms with van der Waals surface area (Å²) in [6.07, 6.45) is 0. The van der Waals surface area contributed by atoms with E-state index in [0.717, 1.165) is 18.8 Å². The summed E-state index contributed by atoms with van der Waals surface area (Å²) in [7, 11) is 1.53. The zero-order chi connectivity index (χ0) is 22.2. The molecule has 0 saturated carbocycles. The molecule has 6 heteroatoms. The molecule has 0 heterocycles. The van der Waals surface area contributed by atoms with E-state index in [0.29, 0.717) is 28.3 Å². The van der Waals surface area contributed by atoms with Gasteiger partial charge >= 0.3 is 0 Å². The van der Waals surface area contributed by atoms with Crippen LogP contribution >= 0.6 is 0 Å². The Morgan fingerprint density at radius 1 is 0.806 bits per heavy atom. The van der Waals surface area contributed by atoms with Gasteiger partial charge in [-0.05, 0) is 68.4 Å². The fraction of sp³-hybridized carbons (Fsp3) is 0.200. The summed E-state index contributed by atoms with van der Waals surface area (Å²) >= 11 is 0. The van der Waals surface area contributed by atoms with E-state index >= 15 is 0 Å². The lowest BCUT2D eigenvalue weighted by Crippen LogP contribution is -2.21. The monoisotopic (exact) mass is 417 g/mol. The van der Waals surface area contributed by atoms with Crippen LogP contribution in [0.15, 0.2) is 72.8 Å². The van der Waals surface area contributed by atoms with E-state index in [1.54, 1.807) is 42.5 Å². The van der Waals surface area contributed by atoms with Gasteiger partial charge in [-0.15, -0.1) is 0 Å². The highest BCUT2D eigenvalue weighted by molar-refractivity contribution is 6.07. The predicted molar refractivity (Wildman–Crippen MR) is 125 cm³/mol. The van der Waals surface area contributed by atoms with Crippen molar-refractivity contribution in [3.8, 4) is 5.75 Å². The molecule has 0 atom stereocenters. The molecule has 2 N–H and O–H groups in total. The summed E-state index contributed by atoms with van der Waals surface area (Å²) in [4.78, 5) is 27.4. The Balaban J connectivity index is 1.75. The van der Waals surface area contributed by atoms with Crippen molar-refractivity contribution in [1.82, 2.24) is 0 Å². The largest absolute Gasteiger partial charge is 0.495 e. The van der Waals surface area contributed by atoms with Gasteiger partial charge in [0.05, 0.1) is 12.8 Å². The minimum absolute atomic E-state index is 0.225. The van der Waals surface area contributed by atoms with E-state index < -0.39 is 0 Å². The Morgan fingerprint density at radius 2 is 1.42 bits per heavy atom. The molecule has 0 radical (unpaired) electrons. The third-order valence-electron chi connectivity index (χ3n) is 5.00. The van der Waals surface area contributed by atoms with Crippen LogP contribution in [0.5, 0.6) is 5.75 Å². The topological polar surface area (TPSA) is 70.7 Å². The summed E-state index contributed by atoms with van der Waals surface area (Å²) in [5.41, 5.74) is 3.21. The smallest absolute Gasteiger partial charge is 0.255 e. The molecule has 3 aromatic rings. The van der Waals surface area contributed by atoms with E-state index in [4.69, 9.17) is 4.74 Å². The highest BCUT2D eigenvalue weighted by Crippen LogP contribution is 2.28. The Bertz CT molecular complexity index is 1030. The van der Waals surface area contributed by atoms with Crippen LogP contribution in [0.25, 0.3) is 0 Å². The lowest BCUT2D eigenvalue weighted by atomic mass is 10.1. The molecule has 0 aliphatic rings. The molecule has 3 aromatic carbocycles. The molecule has 2 amide bonds. The van der Waals surface area contributed by atoms with Crippen LogP contribution in [-0.2, 0) is 0 Å². The fourth-order valence-electron chi connectivity index (χ4n) is 3.28. The van der Waals surface area contributed by atoms with Gasteiger partial charge in [0, 0.05) is 35.6 Å². The van der Waals surface area contributed by atoms with Crippen molar-refractivity contribution >= 4 is 28.9 Å².